The lowest BCUT2D eigenvalue weighted by atomic mass is 10.1. The Bertz CT molecular complexity index is 496. The summed E-state index contributed by atoms with van der Waals surface area (Å²) in [6.45, 7) is 6.06. The lowest BCUT2D eigenvalue weighted by Crippen LogP contribution is -2.43. The highest BCUT2D eigenvalue weighted by Gasteiger charge is 2.20. The van der Waals surface area contributed by atoms with Crippen LogP contribution in [-0.2, 0) is 16.6 Å². The standard InChI is InChI=1S/C14H25N5O2.ClH/c1-14(2,3)18-11(20)6-7-16-13(21)12(15-4)10-8-17-19(5)9-10;/h8-9,12,15H,6-7H2,1-5H3,(H,16,21)(H,18,20);1H. The maximum Gasteiger partial charge on any atom is 0.241 e. The molecule has 1 rings (SSSR count). The van der Waals surface area contributed by atoms with E-state index in [0.29, 0.717) is 6.54 Å². The molecule has 7 nitrogen and oxygen atoms in total. The van der Waals surface area contributed by atoms with Crippen molar-refractivity contribution in [3.8, 4) is 0 Å². The molecule has 3 N–H and O–H groups in total. The number of nitrogens with one attached hydrogen (secondary N) is 3. The summed E-state index contributed by atoms with van der Waals surface area (Å²) in [5, 5.41) is 12.6. The van der Waals surface area contributed by atoms with Crippen molar-refractivity contribution in [2.24, 2.45) is 7.05 Å². The van der Waals surface area contributed by atoms with Crippen LogP contribution in [0.2, 0.25) is 0 Å². The molecule has 0 radical (unpaired) electrons. The molecule has 0 bridgehead atoms. The van der Waals surface area contributed by atoms with Gasteiger partial charge in [-0.25, -0.2) is 0 Å². The van der Waals surface area contributed by atoms with E-state index in [1.165, 1.54) is 0 Å². The van der Waals surface area contributed by atoms with E-state index in [2.05, 4.69) is 21.0 Å². The molecule has 0 aliphatic rings. The second-order valence-electron chi connectivity index (χ2n) is 6.01. The van der Waals surface area contributed by atoms with Gasteiger partial charge in [-0.3, -0.25) is 14.3 Å². The second-order valence-corrected chi connectivity index (χ2v) is 6.01. The maximum atomic E-state index is 12.1. The Balaban J connectivity index is 0.00000441. The molecule has 0 saturated heterocycles. The largest absolute Gasteiger partial charge is 0.354 e. The van der Waals surface area contributed by atoms with Crippen LogP contribution in [0.4, 0.5) is 0 Å². The Morgan fingerprint density at radius 3 is 2.45 bits per heavy atom. The Morgan fingerprint density at radius 1 is 1.36 bits per heavy atom. The number of aromatic nitrogens is 2. The summed E-state index contributed by atoms with van der Waals surface area (Å²) in [5.74, 6) is -0.251. The van der Waals surface area contributed by atoms with E-state index in [1.807, 2.05) is 20.8 Å². The molecule has 1 heterocycles. The molecule has 126 valence electrons. The van der Waals surface area contributed by atoms with Crippen LogP contribution in [0.25, 0.3) is 0 Å². The highest BCUT2D eigenvalue weighted by molar-refractivity contribution is 5.85. The third-order valence-electron chi connectivity index (χ3n) is 2.77. The monoisotopic (exact) mass is 331 g/mol. The Labute approximate surface area is 137 Å². The molecule has 0 fully saturated rings. The van der Waals surface area contributed by atoms with Gasteiger partial charge in [-0.1, -0.05) is 0 Å². The van der Waals surface area contributed by atoms with Crippen molar-refractivity contribution in [1.29, 1.82) is 0 Å². The van der Waals surface area contributed by atoms with E-state index in [4.69, 9.17) is 0 Å². The number of likely N-dealkylation sites (N-methyl/N-ethyl adjacent to an activating group) is 1. The van der Waals surface area contributed by atoms with Gasteiger partial charge < -0.3 is 16.0 Å². The van der Waals surface area contributed by atoms with Crippen LogP contribution in [0, 0.1) is 0 Å². The third-order valence-corrected chi connectivity index (χ3v) is 2.77. The van der Waals surface area contributed by atoms with Crippen molar-refractivity contribution >= 4 is 24.2 Å². The fourth-order valence-electron chi connectivity index (χ4n) is 1.92. The van der Waals surface area contributed by atoms with Gasteiger partial charge in [0.05, 0.1) is 6.20 Å². The molecule has 0 aliphatic heterocycles. The van der Waals surface area contributed by atoms with E-state index in [9.17, 15) is 9.59 Å². The normalized spacial score (nSPS) is 12.2. The minimum Gasteiger partial charge on any atom is -0.354 e. The van der Waals surface area contributed by atoms with Crippen LogP contribution in [0.1, 0.15) is 38.8 Å². The first-order valence-corrected chi connectivity index (χ1v) is 6.97. The molecular weight excluding hydrogens is 306 g/mol. The van der Waals surface area contributed by atoms with Crippen molar-refractivity contribution in [3.63, 3.8) is 0 Å². The topological polar surface area (TPSA) is 88.1 Å². The van der Waals surface area contributed by atoms with Gasteiger partial charge in [-0.05, 0) is 27.8 Å². The molecular formula is C14H26ClN5O2. The summed E-state index contributed by atoms with van der Waals surface area (Å²) < 4.78 is 1.64. The molecule has 1 aromatic rings. The van der Waals surface area contributed by atoms with Crippen molar-refractivity contribution in [2.45, 2.75) is 38.8 Å². The average Bonchev–Trinajstić information content (AvgIpc) is 2.74. The predicted octanol–water partition coefficient (Wildman–Crippen LogP) is 0.523. The number of carbonyl (C=O) groups excluding carboxylic acids is 2. The van der Waals surface area contributed by atoms with Crippen LogP contribution in [0.3, 0.4) is 0 Å². The summed E-state index contributed by atoms with van der Waals surface area (Å²) >= 11 is 0. The predicted molar refractivity (Wildman–Crippen MR) is 87.8 cm³/mol. The van der Waals surface area contributed by atoms with Gasteiger partial charge in [0.2, 0.25) is 11.8 Å². The average molecular weight is 332 g/mol. The molecule has 8 heteroatoms. The lowest BCUT2D eigenvalue weighted by molar-refractivity contribution is -0.124. The number of nitrogens with zero attached hydrogens (tertiary/aromatic N) is 2. The van der Waals surface area contributed by atoms with E-state index in [1.54, 1.807) is 31.2 Å². The van der Waals surface area contributed by atoms with Gasteiger partial charge in [0.15, 0.2) is 0 Å². The Hall–Kier alpha value is -1.60. The number of halogens is 1. The molecule has 1 atom stereocenters. The zero-order valence-electron chi connectivity index (χ0n) is 13.8. The molecule has 1 unspecified atom stereocenters. The molecule has 0 aliphatic carbocycles. The van der Waals surface area contributed by atoms with E-state index in [0.717, 1.165) is 5.56 Å². The highest BCUT2D eigenvalue weighted by Crippen LogP contribution is 2.10. The first-order valence-electron chi connectivity index (χ1n) is 6.97. The minimum absolute atomic E-state index is 0. The van der Waals surface area contributed by atoms with Crippen LogP contribution in [-0.4, -0.2) is 40.7 Å². The fourth-order valence-corrected chi connectivity index (χ4v) is 1.92. The van der Waals surface area contributed by atoms with Crippen LogP contribution < -0.4 is 16.0 Å². The number of amides is 2. The molecule has 0 saturated carbocycles. The van der Waals surface area contributed by atoms with Gasteiger partial charge in [0, 0.05) is 37.3 Å². The molecule has 0 aromatic carbocycles. The lowest BCUT2D eigenvalue weighted by Gasteiger charge is -2.20. The first-order chi connectivity index (χ1) is 9.73. The van der Waals surface area contributed by atoms with Gasteiger partial charge in [-0.15, -0.1) is 12.4 Å². The number of hydrogen-bond acceptors (Lipinski definition) is 4. The van der Waals surface area contributed by atoms with E-state index >= 15 is 0 Å². The van der Waals surface area contributed by atoms with Crippen molar-refractivity contribution < 1.29 is 9.59 Å². The van der Waals surface area contributed by atoms with Crippen molar-refractivity contribution in [1.82, 2.24) is 25.7 Å². The summed E-state index contributed by atoms with van der Waals surface area (Å²) in [6.07, 6.45) is 3.69. The van der Waals surface area contributed by atoms with Gasteiger partial charge in [0.1, 0.15) is 6.04 Å². The van der Waals surface area contributed by atoms with Gasteiger partial charge in [-0.2, -0.15) is 5.10 Å². The number of hydrogen-bond donors (Lipinski definition) is 3. The fraction of sp³-hybridized carbons (Fsp3) is 0.643. The van der Waals surface area contributed by atoms with Gasteiger partial charge in [0.25, 0.3) is 0 Å². The summed E-state index contributed by atoms with van der Waals surface area (Å²) in [7, 11) is 3.51. The van der Waals surface area contributed by atoms with Crippen LogP contribution in [0.15, 0.2) is 12.4 Å². The summed E-state index contributed by atoms with van der Waals surface area (Å²) in [4.78, 5) is 23.8. The molecule has 2 amide bonds. The number of aryl methyl sites for hydroxylation is 1. The minimum atomic E-state index is -0.468. The van der Waals surface area contributed by atoms with Crippen molar-refractivity contribution in [2.75, 3.05) is 13.6 Å². The Morgan fingerprint density at radius 2 is 2.00 bits per heavy atom. The first kappa shape index (κ1) is 20.4. The summed E-state index contributed by atoms with van der Waals surface area (Å²) in [6, 6.07) is -0.468. The van der Waals surface area contributed by atoms with Gasteiger partial charge >= 0.3 is 0 Å². The SMILES string of the molecule is CNC(C(=O)NCCC(=O)NC(C)(C)C)c1cnn(C)c1.Cl. The zero-order chi connectivity index (χ0) is 16.0. The third kappa shape index (κ3) is 6.91. The number of carbonyl (C=O) groups is 2. The number of rotatable bonds is 6. The van der Waals surface area contributed by atoms with E-state index < -0.39 is 6.04 Å². The highest BCUT2D eigenvalue weighted by atomic mass is 35.5. The second kappa shape index (κ2) is 8.75. The quantitative estimate of drug-likeness (QED) is 0.709. The van der Waals surface area contributed by atoms with Crippen LogP contribution in [0.5, 0.6) is 0 Å². The zero-order valence-corrected chi connectivity index (χ0v) is 14.6. The smallest absolute Gasteiger partial charge is 0.241 e. The Kier molecular flexibility index (Phi) is 8.11. The maximum absolute atomic E-state index is 12.1. The van der Waals surface area contributed by atoms with Crippen molar-refractivity contribution in [3.05, 3.63) is 18.0 Å². The molecule has 22 heavy (non-hydrogen) atoms. The molecule has 0 spiro atoms. The summed E-state index contributed by atoms with van der Waals surface area (Å²) in [5.41, 5.74) is 0.529. The van der Waals surface area contributed by atoms with E-state index in [-0.39, 0.29) is 36.2 Å². The molecule has 1 aromatic heterocycles. The van der Waals surface area contributed by atoms with Crippen LogP contribution >= 0.6 is 12.4 Å².